The summed E-state index contributed by atoms with van der Waals surface area (Å²) in [4.78, 5) is 11.2. The first-order chi connectivity index (χ1) is 7.41. The fourth-order valence-electron chi connectivity index (χ4n) is 2.46. The second kappa shape index (κ2) is 5.67. The van der Waals surface area contributed by atoms with Crippen LogP contribution in [0.25, 0.3) is 0 Å². The van der Waals surface area contributed by atoms with Crippen molar-refractivity contribution in [2.75, 3.05) is 13.1 Å². The Balaban J connectivity index is 2.69. The first-order valence-corrected chi connectivity index (χ1v) is 6.35. The van der Waals surface area contributed by atoms with Gasteiger partial charge in [-0.05, 0) is 50.1 Å². The maximum absolute atomic E-state index is 11.2. The normalized spacial score (nSPS) is 28.9. The highest BCUT2D eigenvalue weighted by molar-refractivity contribution is 5.69. The van der Waals surface area contributed by atoms with Gasteiger partial charge < -0.3 is 10.4 Å². The molecule has 0 unspecified atom stereocenters. The molecule has 1 rings (SSSR count). The van der Waals surface area contributed by atoms with E-state index in [0.29, 0.717) is 5.92 Å². The molecule has 2 N–H and O–H groups in total. The summed E-state index contributed by atoms with van der Waals surface area (Å²) in [5.41, 5.74) is 0.208. The minimum absolute atomic E-state index is 0.149. The minimum Gasteiger partial charge on any atom is -0.481 e. The van der Waals surface area contributed by atoms with E-state index < -0.39 is 5.97 Å². The minimum atomic E-state index is -0.615. The lowest BCUT2D eigenvalue weighted by atomic mass is 9.73. The van der Waals surface area contributed by atoms with Crippen molar-refractivity contribution in [3.05, 3.63) is 0 Å². The van der Waals surface area contributed by atoms with Crippen LogP contribution in [0.1, 0.15) is 46.5 Å². The molecule has 0 amide bonds. The van der Waals surface area contributed by atoms with Crippen LogP contribution in [0.4, 0.5) is 0 Å². The Kier molecular flexibility index (Phi) is 4.78. The van der Waals surface area contributed by atoms with E-state index in [0.717, 1.165) is 38.8 Å². The van der Waals surface area contributed by atoms with Gasteiger partial charge in [0.15, 0.2) is 0 Å². The standard InChI is InChI=1S/C13H25NO2/c1-13(2,3)11-6-8-14-7-4-5-10(9-11)12(15)16/h10-11,14H,4-9H2,1-3H3,(H,15,16)/t10-,11-/m1/s1. The van der Waals surface area contributed by atoms with Gasteiger partial charge in [0, 0.05) is 0 Å². The zero-order chi connectivity index (χ0) is 12.2. The lowest BCUT2D eigenvalue weighted by molar-refractivity contribution is -0.143. The monoisotopic (exact) mass is 227 g/mol. The Labute approximate surface area is 98.6 Å². The topological polar surface area (TPSA) is 49.3 Å². The highest BCUT2D eigenvalue weighted by Crippen LogP contribution is 2.35. The van der Waals surface area contributed by atoms with Crippen LogP contribution in [0, 0.1) is 17.3 Å². The molecular weight excluding hydrogens is 202 g/mol. The highest BCUT2D eigenvalue weighted by Gasteiger charge is 2.30. The Morgan fingerprint density at radius 3 is 2.50 bits per heavy atom. The van der Waals surface area contributed by atoms with Crippen LogP contribution in [-0.2, 0) is 4.79 Å². The zero-order valence-electron chi connectivity index (χ0n) is 10.8. The molecule has 3 heteroatoms. The molecule has 0 aromatic rings. The van der Waals surface area contributed by atoms with E-state index in [4.69, 9.17) is 0 Å². The third kappa shape index (κ3) is 4.12. The number of hydrogen-bond donors (Lipinski definition) is 2. The number of carboxylic acid groups (broad SMARTS) is 1. The highest BCUT2D eigenvalue weighted by atomic mass is 16.4. The number of carbonyl (C=O) groups is 1. The molecule has 2 atom stereocenters. The van der Waals surface area contributed by atoms with Crippen LogP contribution in [-0.4, -0.2) is 24.2 Å². The summed E-state index contributed by atoms with van der Waals surface area (Å²) >= 11 is 0. The average Bonchev–Trinajstić information content (AvgIpc) is 2.26. The Hall–Kier alpha value is -0.570. The lowest BCUT2D eigenvalue weighted by Gasteiger charge is -2.32. The summed E-state index contributed by atoms with van der Waals surface area (Å²) in [7, 11) is 0. The van der Waals surface area contributed by atoms with Gasteiger partial charge in [-0.25, -0.2) is 0 Å². The van der Waals surface area contributed by atoms with Gasteiger partial charge in [0.2, 0.25) is 0 Å². The molecule has 1 aliphatic heterocycles. The van der Waals surface area contributed by atoms with Gasteiger partial charge in [-0.1, -0.05) is 20.8 Å². The Morgan fingerprint density at radius 2 is 1.94 bits per heavy atom. The second-order valence-corrected chi connectivity index (χ2v) is 6.01. The zero-order valence-corrected chi connectivity index (χ0v) is 10.8. The quantitative estimate of drug-likeness (QED) is 0.723. The molecule has 1 heterocycles. The van der Waals surface area contributed by atoms with Gasteiger partial charge in [-0.15, -0.1) is 0 Å². The molecule has 1 saturated heterocycles. The van der Waals surface area contributed by atoms with Crippen LogP contribution in [0.5, 0.6) is 0 Å². The molecular formula is C13H25NO2. The summed E-state index contributed by atoms with van der Waals surface area (Å²) in [5, 5.41) is 12.6. The molecule has 0 aromatic carbocycles. The van der Waals surface area contributed by atoms with Crippen molar-refractivity contribution in [1.29, 1.82) is 0 Å². The summed E-state index contributed by atoms with van der Waals surface area (Å²) < 4.78 is 0. The summed E-state index contributed by atoms with van der Waals surface area (Å²) in [5.74, 6) is -0.264. The largest absolute Gasteiger partial charge is 0.481 e. The van der Waals surface area contributed by atoms with Crippen molar-refractivity contribution in [2.24, 2.45) is 17.3 Å². The predicted octanol–water partition coefficient (Wildman–Crippen LogP) is 2.51. The van der Waals surface area contributed by atoms with Crippen molar-refractivity contribution >= 4 is 5.97 Å². The Morgan fingerprint density at radius 1 is 1.25 bits per heavy atom. The van der Waals surface area contributed by atoms with Gasteiger partial charge in [0.25, 0.3) is 0 Å². The third-order valence-corrected chi connectivity index (χ3v) is 3.72. The molecule has 0 radical (unpaired) electrons. The average molecular weight is 227 g/mol. The first kappa shape index (κ1) is 13.5. The maximum atomic E-state index is 11.2. The van der Waals surface area contributed by atoms with Crippen LogP contribution < -0.4 is 5.32 Å². The van der Waals surface area contributed by atoms with Gasteiger partial charge in [0.1, 0.15) is 0 Å². The molecule has 3 nitrogen and oxygen atoms in total. The number of rotatable bonds is 1. The SMILES string of the molecule is CC(C)(C)[C@@H]1CCNCCC[C@@H](C(=O)O)C1. The molecule has 0 aromatic heterocycles. The van der Waals surface area contributed by atoms with Crippen LogP contribution in [0.3, 0.4) is 0 Å². The molecule has 1 fully saturated rings. The number of aliphatic carboxylic acids is 1. The van der Waals surface area contributed by atoms with E-state index in [1.165, 1.54) is 0 Å². The van der Waals surface area contributed by atoms with E-state index in [9.17, 15) is 9.90 Å². The van der Waals surface area contributed by atoms with Gasteiger partial charge >= 0.3 is 5.97 Å². The van der Waals surface area contributed by atoms with Crippen molar-refractivity contribution < 1.29 is 9.90 Å². The summed E-state index contributed by atoms with van der Waals surface area (Å²) in [6.45, 7) is 8.63. The molecule has 16 heavy (non-hydrogen) atoms. The van der Waals surface area contributed by atoms with Crippen molar-refractivity contribution in [1.82, 2.24) is 5.32 Å². The van der Waals surface area contributed by atoms with Crippen molar-refractivity contribution in [2.45, 2.75) is 46.5 Å². The fourth-order valence-corrected chi connectivity index (χ4v) is 2.46. The van der Waals surface area contributed by atoms with Gasteiger partial charge in [-0.2, -0.15) is 0 Å². The molecule has 1 aliphatic rings. The van der Waals surface area contributed by atoms with E-state index in [2.05, 4.69) is 26.1 Å². The van der Waals surface area contributed by atoms with E-state index >= 15 is 0 Å². The number of carboxylic acids is 1. The molecule has 94 valence electrons. The first-order valence-electron chi connectivity index (χ1n) is 6.35. The van der Waals surface area contributed by atoms with Crippen molar-refractivity contribution in [3.8, 4) is 0 Å². The van der Waals surface area contributed by atoms with Crippen LogP contribution in [0.15, 0.2) is 0 Å². The third-order valence-electron chi connectivity index (χ3n) is 3.72. The predicted molar refractivity (Wildman–Crippen MR) is 65.4 cm³/mol. The van der Waals surface area contributed by atoms with Crippen LogP contribution >= 0.6 is 0 Å². The van der Waals surface area contributed by atoms with Gasteiger partial charge in [0.05, 0.1) is 5.92 Å². The van der Waals surface area contributed by atoms with Crippen molar-refractivity contribution in [3.63, 3.8) is 0 Å². The number of hydrogen-bond acceptors (Lipinski definition) is 2. The molecule has 0 spiro atoms. The fraction of sp³-hybridized carbons (Fsp3) is 0.923. The molecule has 0 saturated carbocycles. The van der Waals surface area contributed by atoms with Gasteiger partial charge in [-0.3, -0.25) is 4.79 Å². The van der Waals surface area contributed by atoms with E-state index in [-0.39, 0.29) is 11.3 Å². The maximum Gasteiger partial charge on any atom is 0.306 e. The summed E-state index contributed by atoms with van der Waals surface area (Å²) in [6, 6.07) is 0. The van der Waals surface area contributed by atoms with E-state index in [1.807, 2.05) is 0 Å². The smallest absolute Gasteiger partial charge is 0.306 e. The Bertz CT molecular complexity index is 233. The number of nitrogens with one attached hydrogen (secondary N) is 1. The molecule has 0 aliphatic carbocycles. The lowest BCUT2D eigenvalue weighted by Crippen LogP contribution is -2.28. The van der Waals surface area contributed by atoms with E-state index in [1.54, 1.807) is 0 Å². The molecule has 0 bridgehead atoms. The summed E-state index contributed by atoms with van der Waals surface area (Å²) in [6.07, 6.45) is 3.72. The van der Waals surface area contributed by atoms with Crippen LogP contribution in [0.2, 0.25) is 0 Å². The second-order valence-electron chi connectivity index (χ2n) is 6.01.